The standard InChI is InChI=1S/C17H23N5O2/c1-10(2)22-9-18-21-15(22)11(3)19-16(23)13-8-12-6-4-5-7-14(12)20-17(13)24/h8-11H,4-7H2,1-3H3,(H,19,23)(H,20,24). The molecule has 7 nitrogen and oxygen atoms in total. The summed E-state index contributed by atoms with van der Waals surface area (Å²) in [6, 6.07) is 1.60. The van der Waals surface area contributed by atoms with Gasteiger partial charge in [0.15, 0.2) is 5.82 Å². The van der Waals surface area contributed by atoms with Crippen molar-refractivity contribution in [3.05, 3.63) is 45.4 Å². The molecular formula is C17H23N5O2. The second-order valence-electron chi connectivity index (χ2n) is 6.61. The average Bonchev–Trinajstić information content (AvgIpc) is 3.04. The molecule has 1 atom stereocenters. The Kier molecular flexibility index (Phi) is 4.51. The molecule has 0 aliphatic heterocycles. The number of aromatic amines is 1. The van der Waals surface area contributed by atoms with Gasteiger partial charge in [-0.15, -0.1) is 10.2 Å². The first-order valence-corrected chi connectivity index (χ1v) is 8.42. The minimum Gasteiger partial charge on any atom is -0.342 e. The van der Waals surface area contributed by atoms with Crippen LogP contribution in [0, 0.1) is 0 Å². The number of rotatable bonds is 4. The van der Waals surface area contributed by atoms with Crippen LogP contribution >= 0.6 is 0 Å². The second-order valence-corrected chi connectivity index (χ2v) is 6.61. The molecule has 0 spiro atoms. The van der Waals surface area contributed by atoms with Crippen LogP contribution < -0.4 is 10.9 Å². The summed E-state index contributed by atoms with van der Waals surface area (Å²) < 4.78 is 1.90. The number of amides is 1. The lowest BCUT2D eigenvalue weighted by Gasteiger charge is -2.18. The SMILES string of the molecule is CC(NC(=O)c1cc2c([nH]c1=O)CCCC2)c1nncn1C(C)C. The molecule has 0 fully saturated rings. The van der Waals surface area contributed by atoms with E-state index in [1.54, 1.807) is 12.4 Å². The number of hydrogen-bond donors (Lipinski definition) is 2. The Morgan fingerprint density at radius 2 is 2.04 bits per heavy atom. The van der Waals surface area contributed by atoms with Crippen LogP contribution in [0.1, 0.15) is 73.1 Å². The Bertz CT molecular complexity index is 806. The van der Waals surface area contributed by atoms with Gasteiger partial charge in [0.25, 0.3) is 11.5 Å². The number of H-pyrrole nitrogens is 1. The van der Waals surface area contributed by atoms with Crippen molar-refractivity contribution in [3.63, 3.8) is 0 Å². The first kappa shape index (κ1) is 16.4. The van der Waals surface area contributed by atoms with Crippen LogP contribution in [0.5, 0.6) is 0 Å². The zero-order valence-electron chi connectivity index (χ0n) is 14.3. The van der Waals surface area contributed by atoms with Crippen molar-refractivity contribution in [1.29, 1.82) is 0 Å². The number of carbonyl (C=O) groups is 1. The summed E-state index contributed by atoms with van der Waals surface area (Å²) in [6.07, 6.45) is 5.60. The van der Waals surface area contributed by atoms with Gasteiger partial charge in [-0.05, 0) is 58.1 Å². The number of hydrogen-bond acceptors (Lipinski definition) is 4. The number of fused-ring (bicyclic) bond motifs is 1. The Morgan fingerprint density at radius 3 is 2.79 bits per heavy atom. The topological polar surface area (TPSA) is 92.7 Å². The average molecular weight is 329 g/mol. The van der Waals surface area contributed by atoms with Crippen molar-refractivity contribution in [3.8, 4) is 0 Å². The van der Waals surface area contributed by atoms with E-state index in [-0.39, 0.29) is 29.1 Å². The molecule has 1 aliphatic carbocycles. The highest BCUT2D eigenvalue weighted by Gasteiger charge is 2.21. The second kappa shape index (κ2) is 6.59. The number of pyridine rings is 1. The number of aryl methyl sites for hydroxylation is 2. The van der Waals surface area contributed by atoms with Gasteiger partial charge in [-0.1, -0.05) is 0 Å². The van der Waals surface area contributed by atoms with Gasteiger partial charge in [-0.3, -0.25) is 9.59 Å². The number of aromatic nitrogens is 4. The fourth-order valence-electron chi connectivity index (χ4n) is 3.14. The lowest BCUT2D eigenvalue weighted by molar-refractivity contribution is 0.0935. The van der Waals surface area contributed by atoms with Crippen LogP contribution in [0.3, 0.4) is 0 Å². The van der Waals surface area contributed by atoms with Crippen LogP contribution in [0.15, 0.2) is 17.2 Å². The highest BCUT2D eigenvalue weighted by atomic mass is 16.2. The van der Waals surface area contributed by atoms with Crippen LogP contribution in [0.4, 0.5) is 0 Å². The van der Waals surface area contributed by atoms with E-state index in [0.29, 0.717) is 5.82 Å². The molecular weight excluding hydrogens is 306 g/mol. The molecule has 24 heavy (non-hydrogen) atoms. The molecule has 1 amide bonds. The molecule has 0 radical (unpaired) electrons. The fourth-order valence-corrected chi connectivity index (χ4v) is 3.14. The van der Waals surface area contributed by atoms with Gasteiger partial charge in [0, 0.05) is 11.7 Å². The summed E-state index contributed by atoms with van der Waals surface area (Å²) in [5, 5.41) is 10.9. The predicted octanol–water partition coefficient (Wildman–Crippen LogP) is 1.92. The smallest absolute Gasteiger partial charge is 0.261 e. The lowest BCUT2D eigenvalue weighted by atomic mass is 9.95. The highest BCUT2D eigenvalue weighted by Crippen LogP contribution is 2.19. The molecule has 2 N–H and O–H groups in total. The van der Waals surface area contributed by atoms with Gasteiger partial charge in [-0.25, -0.2) is 0 Å². The molecule has 0 aromatic carbocycles. The summed E-state index contributed by atoms with van der Waals surface area (Å²) in [4.78, 5) is 27.6. The van der Waals surface area contributed by atoms with Gasteiger partial charge < -0.3 is 14.9 Å². The van der Waals surface area contributed by atoms with Crippen molar-refractivity contribution >= 4 is 5.91 Å². The third-order valence-corrected chi connectivity index (χ3v) is 4.47. The van der Waals surface area contributed by atoms with E-state index < -0.39 is 0 Å². The van der Waals surface area contributed by atoms with E-state index in [2.05, 4.69) is 20.5 Å². The normalized spacial score (nSPS) is 15.2. The molecule has 3 rings (SSSR count). The van der Waals surface area contributed by atoms with E-state index in [4.69, 9.17) is 0 Å². The van der Waals surface area contributed by atoms with E-state index >= 15 is 0 Å². The summed E-state index contributed by atoms with van der Waals surface area (Å²) in [5.41, 5.74) is 1.88. The van der Waals surface area contributed by atoms with Crippen molar-refractivity contribution < 1.29 is 4.79 Å². The third kappa shape index (κ3) is 3.11. The summed E-state index contributed by atoms with van der Waals surface area (Å²) in [7, 11) is 0. The Labute approximate surface area is 140 Å². The molecule has 0 saturated carbocycles. The fraction of sp³-hybridized carbons (Fsp3) is 0.529. The lowest BCUT2D eigenvalue weighted by Crippen LogP contribution is -2.34. The Morgan fingerprint density at radius 1 is 1.29 bits per heavy atom. The molecule has 7 heteroatoms. The maximum Gasteiger partial charge on any atom is 0.261 e. The summed E-state index contributed by atoms with van der Waals surface area (Å²) in [5.74, 6) is 0.295. The van der Waals surface area contributed by atoms with Gasteiger partial charge in [0.05, 0.1) is 6.04 Å². The quantitative estimate of drug-likeness (QED) is 0.896. The Hall–Kier alpha value is -2.44. The van der Waals surface area contributed by atoms with Gasteiger partial charge in [-0.2, -0.15) is 0 Å². The largest absolute Gasteiger partial charge is 0.342 e. The third-order valence-electron chi connectivity index (χ3n) is 4.47. The van der Waals surface area contributed by atoms with E-state index in [0.717, 1.165) is 36.9 Å². The van der Waals surface area contributed by atoms with E-state index in [9.17, 15) is 9.59 Å². The number of nitrogens with zero attached hydrogens (tertiary/aromatic N) is 3. The molecule has 128 valence electrons. The van der Waals surface area contributed by atoms with E-state index in [1.165, 1.54) is 0 Å². The molecule has 0 saturated heterocycles. The van der Waals surface area contributed by atoms with Crippen LogP contribution in [-0.2, 0) is 12.8 Å². The first-order valence-electron chi connectivity index (χ1n) is 8.42. The van der Waals surface area contributed by atoms with E-state index in [1.807, 2.05) is 25.3 Å². The monoisotopic (exact) mass is 329 g/mol. The Balaban J connectivity index is 1.82. The van der Waals surface area contributed by atoms with Gasteiger partial charge in [0.1, 0.15) is 11.9 Å². The molecule has 2 aromatic rings. The van der Waals surface area contributed by atoms with Crippen molar-refractivity contribution in [1.82, 2.24) is 25.1 Å². The minimum absolute atomic E-state index is 0.165. The zero-order chi connectivity index (χ0) is 17.3. The van der Waals surface area contributed by atoms with Crippen molar-refractivity contribution in [2.75, 3.05) is 0 Å². The zero-order valence-corrected chi connectivity index (χ0v) is 14.3. The number of carbonyl (C=O) groups excluding carboxylic acids is 1. The highest BCUT2D eigenvalue weighted by molar-refractivity contribution is 5.94. The van der Waals surface area contributed by atoms with Crippen LogP contribution in [-0.4, -0.2) is 25.7 Å². The van der Waals surface area contributed by atoms with Crippen molar-refractivity contribution in [2.24, 2.45) is 0 Å². The van der Waals surface area contributed by atoms with Gasteiger partial charge >= 0.3 is 0 Å². The van der Waals surface area contributed by atoms with Gasteiger partial charge in [0.2, 0.25) is 0 Å². The number of nitrogens with one attached hydrogen (secondary N) is 2. The maximum absolute atomic E-state index is 12.5. The summed E-state index contributed by atoms with van der Waals surface area (Å²) in [6.45, 7) is 5.89. The molecule has 2 heterocycles. The maximum atomic E-state index is 12.5. The summed E-state index contributed by atoms with van der Waals surface area (Å²) >= 11 is 0. The minimum atomic E-state index is -0.379. The molecule has 1 aliphatic rings. The molecule has 1 unspecified atom stereocenters. The first-order chi connectivity index (χ1) is 11.5. The van der Waals surface area contributed by atoms with Crippen LogP contribution in [0.2, 0.25) is 0 Å². The predicted molar refractivity (Wildman–Crippen MR) is 90.0 cm³/mol. The van der Waals surface area contributed by atoms with Crippen molar-refractivity contribution in [2.45, 2.75) is 58.5 Å². The molecule has 0 bridgehead atoms. The molecule has 2 aromatic heterocycles. The van der Waals surface area contributed by atoms with Crippen LogP contribution in [0.25, 0.3) is 0 Å².